The Balaban J connectivity index is 1.45. The van der Waals surface area contributed by atoms with Crippen LogP contribution in [-0.4, -0.2) is 38.7 Å². The largest absolute Gasteiger partial charge is 0.392 e. The van der Waals surface area contributed by atoms with Crippen LogP contribution in [0.4, 0.5) is 11.8 Å². The van der Waals surface area contributed by atoms with E-state index in [1.165, 1.54) is 6.20 Å². The zero-order valence-corrected chi connectivity index (χ0v) is 16.6. The van der Waals surface area contributed by atoms with Crippen molar-refractivity contribution in [2.75, 3.05) is 17.2 Å². The number of aromatic nitrogens is 3. The predicted octanol–water partition coefficient (Wildman–Crippen LogP) is 3.12. The number of para-hydroxylation sites is 1. The van der Waals surface area contributed by atoms with Gasteiger partial charge in [-0.3, -0.25) is 4.98 Å². The number of nitrogens with zero attached hydrogens (tertiary/aromatic N) is 4. The summed E-state index contributed by atoms with van der Waals surface area (Å²) < 4.78 is 0. The van der Waals surface area contributed by atoms with Crippen LogP contribution in [0.5, 0.6) is 0 Å². The molecule has 1 aliphatic rings. The van der Waals surface area contributed by atoms with Gasteiger partial charge in [-0.05, 0) is 24.5 Å². The van der Waals surface area contributed by atoms with E-state index in [2.05, 4.69) is 49.9 Å². The summed E-state index contributed by atoms with van der Waals surface area (Å²) in [4.78, 5) is 13.2. The van der Waals surface area contributed by atoms with Crippen LogP contribution < -0.4 is 10.6 Å². The summed E-state index contributed by atoms with van der Waals surface area (Å²) >= 11 is 0. The van der Waals surface area contributed by atoms with Gasteiger partial charge in [0.2, 0.25) is 5.95 Å². The molecule has 0 radical (unpaired) electrons. The van der Waals surface area contributed by atoms with Gasteiger partial charge in [0.25, 0.3) is 0 Å². The van der Waals surface area contributed by atoms with Crippen LogP contribution in [-0.2, 0) is 6.42 Å². The molecule has 0 amide bonds. The molecule has 0 saturated heterocycles. The maximum Gasteiger partial charge on any atom is 0.224 e. The topological polar surface area (TPSA) is 107 Å². The van der Waals surface area contributed by atoms with Crippen LogP contribution in [0, 0.1) is 16.7 Å². The number of anilines is 2. The predicted molar refractivity (Wildman–Crippen MR) is 112 cm³/mol. The lowest BCUT2D eigenvalue weighted by atomic mass is 9.64. The minimum Gasteiger partial charge on any atom is -0.392 e. The van der Waals surface area contributed by atoms with Crippen LogP contribution in [0.2, 0.25) is 0 Å². The van der Waals surface area contributed by atoms with Crippen LogP contribution in [0.15, 0.2) is 42.7 Å². The molecule has 3 aromatic rings. The number of aliphatic hydroxyl groups is 1. The van der Waals surface area contributed by atoms with E-state index < -0.39 is 0 Å². The van der Waals surface area contributed by atoms with Gasteiger partial charge in [0, 0.05) is 29.6 Å². The van der Waals surface area contributed by atoms with Gasteiger partial charge in [0.15, 0.2) is 0 Å². The first kappa shape index (κ1) is 19.1. The summed E-state index contributed by atoms with van der Waals surface area (Å²) in [6, 6.07) is 12.4. The number of benzene rings is 1. The van der Waals surface area contributed by atoms with Gasteiger partial charge in [-0.15, -0.1) is 0 Å². The van der Waals surface area contributed by atoms with Crippen LogP contribution in [0.25, 0.3) is 10.9 Å². The molecule has 148 valence electrons. The Morgan fingerprint density at radius 3 is 2.83 bits per heavy atom. The molecule has 1 aliphatic carbocycles. The summed E-state index contributed by atoms with van der Waals surface area (Å²) in [6.07, 6.45) is 4.40. The number of hydrogen-bond acceptors (Lipinski definition) is 7. The second kappa shape index (κ2) is 7.64. The number of fused-ring (bicyclic) bond motifs is 1. The van der Waals surface area contributed by atoms with Crippen molar-refractivity contribution < 1.29 is 5.11 Å². The lowest BCUT2D eigenvalue weighted by molar-refractivity contribution is -0.0511. The fourth-order valence-electron chi connectivity index (χ4n) is 3.65. The normalized spacial score (nSPS) is 19.9. The number of nitrogens with one attached hydrogen (secondary N) is 2. The minimum atomic E-state index is -0.348. The van der Waals surface area contributed by atoms with Crippen molar-refractivity contribution in [1.29, 1.82) is 5.26 Å². The van der Waals surface area contributed by atoms with E-state index in [4.69, 9.17) is 0 Å². The molecule has 2 atom stereocenters. The van der Waals surface area contributed by atoms with Gasteiger partial charge < -0.3 is 15.7 Å². The third kappa shape index (κ3) is 3.71. The van der Waals surface area contributed by atoms with Crippen molar-refractivity contribution in [2.45, 2.75) is 38.8 Å². The van der Waals surface area contributed by atoms with E-state index >= 15 is 0 Å². The highest BCUT2D eigenvalue weighted by atomic mass is 16.3. The summed E-state index contributed by atoms with van der Waals surface area (Å²) in [7, 11) is 0. The Bertz CT molecular complexity index is 1070. The van der Waals surface area contributed by atoms with E-state index in [0.717, 1.165) is 22.9 Å². The van der Waals surface area contributed by atoms with Crippen molar-refractivity contribution in [3.63, 3.8) is 0 Å². The first-order valence-electron chi connectivity index (χ1n) is 9.77. The van der Waals surface area contributed by atoms with E-state index in [1.54, 1.807) is 6.20 Å². The fraction of sp³-hybridized carbons (Fsp3) is 0.364. The van der Waals surface area contributed by atoms with Gasteiger partial charge in [-0.1, -0.05) is 38.1 Å². The number of hydrogen-bond donors (Lipinski definition) is 3. The summed E-state index contributed by atoms with van der Waals surface area (Å²) in [5, 5.41) is 27.0. The molecule has 3 N–H and O–H groups in total. The Kier molecular flexibility index (Phi) is 5.03. The fourth-order valence-corrected chi connectivity index (χ4v) is 3.65. The highest BCUT2D eigenvalue weighted by Crippen LogP contribution is 2.42. The average molecular weight is 388 g/mol. The number of nitriles is 1. The number of pyridine rings is 1. The molecule has 1 fully saturated rings. The molecule has 1 unspecified atom stereocenters. The van der Waals surface area contributed by atoms with Gasteiger partial charge in [0.05, 0.1) is 17.8 Å². The molecule has 7 nitrogen and oxygen atoms in total. The second-order valence-electron chi connectivity index (χ2n) is 8.01. The Morgan fingerprint density at radius 1 is 1.24 bits per heavy atom. The van der Waals surface area contributed by atoms with Crippen molar-refractivity contribution in [1.82, 2.24) is 15.0 Å². The molecule has 2 heterocycles. The molecular weight excluding hydrogens is 364 g/mol. The first-order valence-corrected chi connectivity index (χ1v) is 9.77. The monoisotopic (exact) mass is 388 g/mol. The third-order valence-electron chi connectivity index (χ3n) is 5.83. The van der Waals surface area contributed by atoms with Gasteiger partial charge in [-0.25, -0.2) is 4.98 Å². The van der Waals surface area contributed by atoms with Crippen molar-refractivity contribution in [3.8, 4) is 6.07 Å². The third-order valence-corrected chi connectivity index (χ3v) is 5.83. The molecule has 4 rings (SSSR count). The summed E-state index contributed by atoms with van der Waals surface area (Å²) in [6.45, 7) is 4.65. The SMILES string of the molecule is CC1(C)C(Nc2nc(NCCc3cccc4cccnc34)ncc2C#N)C[C@@H]1O. The maximum atomic E-state index is 9.95. The number of rotatable bonds is 6. The molecule has 0 bridgehead atoms. The van der Waals surface area contributed by atoms with Crippen LogP contribution in [0.3, 0.4) is 0 Å². The van der Waals surface area contributed by atoms with Crippen LogP contribution >= 0.6 is 0 Å². The van der Waals surface area contributed by atoms with E-state index in [1.807, 2.05) is 26.0 Å². The molecule has 1 saturated carbocycles. The van der Waals surface area contributed by atoms with Crippen LogP contribution in [0.1, 0.15) is 31.4 Å². The van der Waals surface area contributed by atoms with E-state index in [0.29, 0.717) is 30.3 Å². The summed E-state index contributed by atoms with van der Waals surface area (Å²) in [5.74, 6) is 0.971. The lowest BCUT2D eigenvalue weighted by Gasteiger charge is -2.49. The lowest BCUT2D eigenvalue weighted by Crippen LogP contribution is -2.57. The van der Waals surface area contributed by atoms with Gasteiger partial charge in [0.1, 0.15) is 17.5 Å². The standard InChI is InChI=1S/C22H24N6O/c1-22(2)17(11-18(22)29)27-20-16(12-23)13-26-21(28-20)25-10-8-15-6-3-5-14-7-4-9-24-19(14)15/h3-7,9,13,17-18,29H,8,10-11H2,1-2H3,(H2,25,26,27,28)/t17?,18-/m0/s1. The minimum absolute atomic E-state index is 0.0640. The highest BCUT2D eigenvalue weighted by molar-refractivity contribution is 5.81. The smallest absolute Gasteiger partial charge is 0.224 e. The molecule has 0 spiro atoms. The summed E-state index contributed by atoms with van der Waals surface area (Å²) in [5.41, 5.74) is 2.30. The quantitative estimate of drug-likeness (QED) is 0.595. The van der Waals surface area contributed by atoms with Crippen molar-refractivity contribution in [3.05, 3.63) is 53.9 Å². The molecule has 2 aromatic heterocycles. The zero-order valence-electron chi connectivity index (χ0n) is 16.6. The first-order chi connectivity index (χ1) is 14.0. The Labute approximate surface area is 169 Å². The Hall–Kier alpha value is -3.24. The molecule has 0 aliphatic heterocycles. The highest BCUT2D eigenvalue weighted by Gasteiger charge is 2.47. The zero-order chi connectivity index (χ0) is 20.4. The number of aliphatic hydroxyl groups excluding tert-OH is 1. The molecule has 1 aromatic carbocycles. The molecule has 7 heteroatoms. The molecule has 29 heavy (non-hydrogen) atoms. The maximum absolute atomic E-state index is 9.95. The average Bonchev–Trinajstić information content (AvgIpc) is 2.74. The van der Waals surface area contributed by atoms with Gasteiger partial charge in [-0.2, -0.15) is 10.2 Å². The van der Waals surface area contributed by atoms with Gasteiger partial charge >= 0.3 is 0 Å². The molecular formula is C22H24N6O. The second-order valence-corrected chi connectivity index (χ2v) is 8.01. The van der Waals surface area contributed by atoms with Crippen molar-refractivity contribution in [2.24, 2.45) is 5.41 Å². The van der Waals surface area contributed by atoms with Crippen molar-refractivity contribution >= 4 is 22.7 Å². The Morgan fingerprint density at radius 2 is 2.07 bits per heavy atom. The van der Waals surface area contributed by atoms with E-state index in [-0.39, 0.29) is 17.6 Å². The van der Waals surface area contributed by atoms with E-state index in [9.17, 15) is 10.4 Å².